The molecule has 1 unspecified atom stereocenters. The van der Waals surface area contributed by atoms with Gasteiger partial charge in [-0.05, 0) is 37.1 Å². The molecule has 0 spiro atoms. The SMILES string of the molecule is O=C(CSc1n[nH]c(-c2ccc(Cl)cc2)n1)NCC1CCCO1. The number of hydrogen-bond donors (Lipinski definition) is 2. The molecule has 2 N–H and O–H groups in total. The number of rotatable bonds is 6. The zero-order valence-corrected chi connectivity index (χ0v) is 14.0. The third-order valence-corrected chi connectivity index (χ3v) is 4.57. The Morgan fingerprint density at radius 1 is 1.43 bits per heavy atom. The van der Waals surface area contributed by atoms with E-state index in [1.807, 2.05) is 12.1 Å². The van der Waals surface area contributed by atoms with E-state index in [0.717, 1.165) is 25.0 Å². The van der Waals surface area contributed by atoms with Gasteiger partial charge in [0.15, 0.2) is 5.82 Å². The van der Waals surface area contributed by atoms with Gasteiger partial charge < -0.3 is 10.1 Å². The molecule has 6 nitrogen and oxygen atoms in total. The van der Waals surface area contributed by atoms with Crippen LogP contribution in [0.2, 0.25) is 5.02 Å². The Morgan fingerprint density at radius 3 is 3.00 bits per heavy atom. The second-order valence-corrected chi connectivity index (χ2v) is 6.58. The van der Waals surface area contributed by atoms with Crippen molar-refractivity contribution in [3.05, 3.63) is 29.3 Å². The van der Waals surface area contributed by atoms with Gasteiger partial charge in [-0.25, -0.2) is 4.98 Å². The lowest BCUT2D eigenvalue weighted by Gasteiger charge is -2.09. The van der Waals surface area contributed by atoms with Gasteiger partial charge in [-0.15, -0.1) is 5.10 Å². The number of aromatic amines is 1. The van der Waals surface area contributed by atoms with Crippen molar-refractivity contribution in [1.29, 1.82) is 0 Å². The van der Waals surface area contributed by atoms with E-state index in [2.05, 4.69) is 20.5 Å². The molecule has 1 saturated heterocycles. The van der Waals surface area contributed by atoms with E-state index < -0.39 is 0 Å². The Kier molecular flexibility index (Phi) is 5.53. The topological polar surface area (TPSA) is 79.9 Å². The Labute approximate surface area is 143 Å². The average molecular weight is 353 g/mol. The van der Waals surface area contributed by atoms with Crippen molar-refractivity contribution in [2.24, 2.45) is 0 Å². The lowest BCUT2D eigenvalue weighted by atomic mass is 10.2. The van der Waals surface area contributed by atoms with Crippen molar-refractivity contribution in [1.82, 2.24) is 20.5 Å². The number of halogens is 1. The molecule has 1 aromatic carbocycles. The predicted molar refractivity (Wildman–Crippen MR) is 89.5 cm³/mol. The summed E-state index contributed by atoms with van der Waals surface area (Å²) in [5.41, 5.74) is 0.900. The number of benzene rings is 1. The summed E-state index contributed by atoms with van der Waals surface area (Å²) < 4.78 is 5.47. The highest BCUT2D eigenvalue weighted by molar-refractivity contribution is 7.99. The first kappa shape index (κ1) is 16.3. The monoisotopic (exact) mass is 352 g/mol. The minimum atomic E-state index is -0.0386. The van der Waals surface area contributed by atoms with Gasteiger partial charge >= 0.3 is 0 Å². The predicted octanol–water partition coefficient (Wildman–Crippen LogP) is 2.51. The van der Waals surface area contributed by atoms with Crippen molar-refractivity contribution in [3.8, 4) is 11.4 Å². The Balaban J connectivity index is 1.47. The molecule has 0 saturated carbocycles. The number of thioether (sulfide) groups is 1. The van der Waals surface area contributed by atoms with E-state index >= 15 is 0 Å². The Hall–Kier alpha value is -1.57. The molecule has 1 aromatic heterocycles. The lowest BCUT2D eigenvalue weighted by molar-refractivity contribution is -0.119. The fourth-order valence-corrected chi connectivity index (χ4v) is 3.02. The summed E-state index contributed by atoms with van der Waals surface area (Å²) in [5.74, 6) is 0.900. The van der Waals surface area contributed by atoms with E-state index in [4.69, 9.17) is 16.3 Å². The first-order chi connectivity index (χ1) is 11.2. The van der Waals surface area contributed by atoms with Gasteiger partial charge in [0.25, 0.3) is 0 Å². The molecule has 1 aliphatic heterocycles. The van der Waals surface area contributed by atoms with Crippen molar-refractivity contribution in [2.75, 3.05) is 18.9 Å². The maximum absolute atomic E-state index is 11.8. The molecule has 1 amide bonds. The fourth-order valence-electron chi connectivity index (χ4n) is 2.26. The molecule has 2 aromatic rings. The summed E-state index contributed by atoms with van der Waals surface area (Å²) in [6, 6.07) is 7.33. The van der Waals surface area contributed by atoms with Crippen LogP contribution in [0.15, 0.2) is 29.4 Å². The summed E-state index contributed by atoms with van der Waals surface area (Å²) in [7, 11) is 0. The molecule has 1 aliphatic rings. The maximum Gasteiger partial charge on any atom is 0.230 e. The molecular formula is C15H17ClN4O2S. The molecule has 0 radical (unpaired) electrons. The molecule has 1 atom stereocenters. The number of nitrogens with zero attached hydrogens (tertiary/aromatic N) is 2. The lowest BCUT2D eigenvalue weighted by Crippen LogP contribution is -2.32. The Bertz CT molecular complexity index is 656. The summed E-state index contributed by atoms with van der Waals surface area (Å²) >= 11 is 7.16. The van der Waals surface area contributed by atoms with E-state index in [0.29, 0.717) is 22.5 Å². The van der Waals surface area contributed by atoms with Crippen LogP contribution in [0.25, 0.3) is 11.4 Å². The highest BCUT2D eigenvalue weighted by atomic mass is 35.5. The number of carbonyl (C=O) groups is 1. The number of amides is 1. The van der Waals surface area contributed by atoms with Crippen LogP contribution < -0.4 is 5.32 Å². The second kappa shape index (κ2) is 7.81. The summed E-state index contributed by atoms with van der Waals surface area (Å²) in [4.78, 5) is 16.2. The number of ether oxygens (including phenoxy) is 1. The van der Waals surface area contributed by atoms with E-state index in [-0.39, 0.29) is 17.8 Å². The minimum absolute atomic E-state index is 0.0386. The van der Waals surface area contributed by atoms with Crippen molar-refractivity contribution >= 4 is 29.3 Å². The van der Waals surface area contributed by atoms with Crippen LogP contribution in [0.1, 0.15) is 12.8 Å². The van der Waals surface area contributed by atoms with Gasteiger partial charge in [0.2, 0.25) is 11.1 Å². The van der Waals surface area contributed by atoms with Crippen LogP contribution in [0, 0.1) is 0 Å². The van der Waals surface area contributed by atoms with Gasteiger partial charge in [0, 0.05) is 23.7 Å². The molecule has 1 fully saturated rings. The standard InChI is InChI=1S/C15H17ClN4O2S/c16-11-5-3-10(4-6-11)14-18-15(20-19-14)23-9-13(21)17-8-12-2-1-7-22-12/h3-6,12H,1-2,7-9H2,(H,17,21)(H,18,19,20). The first-order valence-corrected chi connectivity index (χ1v) is 8.76. The summed E-state index contributed by atoms with van der Waals surface area (Å²) in [6.07, 6.45) is 2.24. The van der Waals surface area contributed by atoms with Crippen LogP contribution in [0.5, 0.6) is 0 Å². The largest absolute Gasteiger partial charge is 0.376 e. The number of H-pyrrole nitrogens is 1. The molecule has 3 rings (SSSR count). The van der Waals surface area contributed by atoms with Gasteiger partial charge in [-0.3, -0.25) is 9.89 Å². The molecule has 23 heavy (non-hydrogen) atoms. The van der Waals surface area contributed by atoms with E-state index in [9.17, 15) is 4.79 Å². The van der Waals surface area contributed by atoms with Crippen molar-refractivity contribution < 1.29 is 9.53 Å². The van der Waals surface area contributed by atoms with E-state index in [1.54, 1.807) is 12.1 Å². The summed E-state index contributed by atoms with van der Waals surface area (Å²) in [5, 5.41) is 11.1. The third kappa shape index (κ3) is 4.70. The quantitative estimate of drug-likeness (QED) is 0.781. The highest BCUT2D eigenvalue weighted by Crippen LogP contribution is 2.20. The van der Waals surface area contributed by atoms with Crippen molar-refractivity contribution in [3.63, 3.8) is 0 Å². The summed E-state index contributed by atoms with van der Waals surface area (Å²) in [6.45, 7) is 1.36. The molecular weight excluding hydrogens is 336 g/mol. The zero-order valence-electron chi connectivity index (χ0n) is 12.4. The average Bonchev–Trinajstić information content (AvgIpc) is 3.23. The molecule has 0 bridgehead atoms. The van der Waals surface area contributed by atoms with Crippen LogP contribution in [-0.2, 0) is 9.53 Å². The van der Waals surface area contributed by atoms with Crippen LogP contribution in [-0.4, -0.2) is 46.1 Å². The minimum Gasteiger partial charge on any atom is -0.376 e. The smallest absolute Gasteiger partial charge is 0.230 e. The van der Waals surface area contributed by atoms with Crippen LogP contribution >= 0.6 is 23.4 Å². The second-order valence-electron chi connectivity index (χ2n) is 5.20. The Morgan fingerprint density at radius 2 is 2.26 bits per heavy atom. The number of carbonyl (C=O) groups excluding carboxylic acids is 1. The molecule has 122 valence electrons. The normalized spacial score (nSPS) is 17.3. The van der Waals surface area contributed by atoms with Gasteiger partial charge in [-0.1, -0.05) is 23.4 Å². The van der Waals surface area contributed by atoms with Gasteiger partial charge in [0.05, 0.1) is 11.9 Å². The van der Waals surface area contributed by atoms with Gasteiger partial charge in [-0.2, -0.15) is 0 Å². The number of hydrogen-bond acceptors (Lipinski definition) is 5. The van der Waals surface area contributed by atoms with E-state index in [1.165, 1.54) is 11.8 Å². The van der Waals surface area contributed by atoms with Crippen molar-refractivity contribution in [2.45, 2.75) is 24.1 Å². The zero-order chi connectivity index (χ0) is 16.1. The fraction of sp³-hybridized carbons (Fsp3) is 0.400. The molecule has 8 heteroatoms. The van der Waals surface area contributed by atoms with Crippen LogP contribution in [0.4, 0.5) is 0 Å². The number of nitrogens with one attached hydrogen (secondary N) is 2. The first-order valence-electron chi connectivity index (χ1n) is 7.40. The third-order valence-electron chi connectivity index (χ3n) is 3.47. The molecule has 2 heterocycles. The maximum atomic E-state index is 11.8. The molecule has 0 aliphatic carbocycles. The highest BCUT2D eigenvalue weighted by Gasteiger charge is 2.16. The van der Waals surface area contributed by atoms with Crippen LogP contribution in [0.3, 0.4) is 0 Å². The number of aromatic nitrogens is 3. The van der Waals surface area contributed by atoms with Gasteiger partial charge in [0.1, 0.15) is 0 Å².